The predicted molar refractivity (Wildman–Crippen MR) is 124 cm³/mol. The molecular formula is C24H25BrF2N2O5. The van der Waals surface area contributed by atoms with E-state index >= 15 is 0 Å². The van der Waals surface area contributed by atoms with Crippen LogP contribution in [0.4, 0.5) is 14.5 Å². The number of anilines is 1. The zero-order chi connectivity index (χ0) is 24.4. The van der Waals surface area contributed by atoms with Crippen LogP contribution in [0.25, 0.3) is 0 Å². The molecule has 2 aliphatic rings. The zero-order valence-corrected chi connectivity index (χ0v) is 20.4. The maximum atomic E-state index is 14.9. The Labute approximate surface area is 204 Å². The average molecular weight is 539 g/mol. The Morgan fingerprint density at radius 3 is 2.59 bits per heavy atom. The topological polar surface area (TPSA) is 77.1 Å². The minimum Gasteiger partial charge on any atom is -0.467 e. The highest BCUT2D eigenvalue weighted by molar-refractivity contribution is 9.10. The molecule has 2 atom stereocenters. The molecule has 0 aliphatic carbocycles. The lowest BCUT2D eigenvalue weighted by molar-refractivity contribution is -0.142. The number of hydrogen-bond donors (Lipinski definition) is 1. The van der Waals surface area contributed by atoms with Crippen LogP contribution in [-0.4, -0.2) is 50.8 Å². The van der Waals surface area contributed by atoms with Gasteiger partial charge >= 0.3 is 5.97 Å². The fourth-order valence-electron chi connectivity index (χ4n) is 4.33. The number of benzene rings is 2. The highest BCUT2D eigenvalue weighted by Gasteiger charge is 2.29. The highest BCUT2D eigenvalue weighted by atomic mass is 79.9. The van der Waals surface area contributed by atoms with E-state index in [1.54, 1.807) is 0 Å². The van der Waals surface area contributed by atoms with Crippen LogP contribution in [0.2, 0.25) is 0 Å². The van der Waals surface area contributed by atoms with Gasteiger partial charge in [0, 0.05) is 29.2 Å². The van der Waals surface area contributed by atoms with Crippen molar-refractivity contribution in [2.75, 3.05) is 31.8 Å². The lowest BCUT2D eigenvalue weighted by Gasteiger charge is -2.35. The first-order valence-corrected chi connectivity index (χ1v) is 11.7. The summed E-state index contributed by atoms with van der Waals surface area (Å²) in [6.45, 7) is 4.07. The van der Waals surface area contributed by atoms with Crippen LogP contribution in [0.15, 0.2) is 28.7 Å². The number of fused-ring (bicyclic) bond motifs is 1. The number of nitrogens with zero attached hydrogens (tertiary/aromatic N) is 1. The van der Waals surface area contributed by atoms with E-state index in [2.05, 4.69) is 21.2 Å². The number of carbonyl (C=O) groups is 2. The number of carbonyl (C=O) groups excluding carboxylic acids is 2. The van der Waals surface area contributed by atoms with E-state index in [0.29, 0.717) is 38.7 Å². The molecule has 0 radical (unpaired) electrons. The minimum absolute atomic E-state index is 0.0625. The van der Waals surface area contributed by atoms with Crippen LogP contribution in [0.5, 0.6) is 0 Å². The molecule has 0 bridgehead atoms. The van der Waals surface area contributed by atoms with Gasteiger partial charge in [-0.15, -0.1) is 0 Å². The van der Waals surface area contributed by atoms with Crippen molar-refractivity contribution in [1.82, 2.24) is 5.32 Å². The van der Waals surface area contributed by atoms with E-state index < -0.39 is 35.1 Å². The predicted octanol–water partition coefficient (Wildman–Crippen LogP) is 3.50. The molecule has 1 fully saturated rings. The Morgan fingerprint density at radius 2 is 1.91 bits per heavy atom. The van der Waals surface area contributed by atoms with E-state index in [4.69, 9.17) is 14.2 Å². The summed E-state index contributed by atoms with van der Waals surface area (Å²) in [5.41, 5.74) is 2.25. The van der Waals surface area contributed by atoms with Crippen molar-refractivity contribution in [3.05, 3.63) is 62.6 Å². The van der Waals surface area contributed by atoms with Crippen LogP contribution < -0.4 is 10.2 Å². The van der Waals surface area contributed by atoms with Gasteiger partial charge in [0.05, 0.1) is 33.5 Å². The third-order valence-corrected chi connectivity index (χ3v) is 6.88. The van der Waals surface area contributed by atoms with Gasteiger partial charge in [0.15, 0.2) is 0 Å². The molecule has 7 nitrogen and oxygen atoms in total. The fourth-order valence-corrected chi connectivity index (χ4v) is 4.82. The summed E-state index contributed by atoms with van der Waals surface area (Å²) in [6, 6.07) is 4.72. The summed E-state index contributed by atoms with van der Waals surface area (Å²) in [7, 11) is 1.19. The summed E-state index contributed by atoms with van der Waals surface area (Å²) < 4.78 is 46.5. The second-order valence-electron chi connectivity index (χ2n) is 8.31. The molecule has 34 heavy (non-hydrogen) atoms. The molecule has 0 spiro atoms. The molecule has 2 aromatic carbocycles. The van der Waals surface area contributed by atoms with E-state index in [1.807, 2.05) is 24.0 Å². The molecule has 1 saturated heterocycles. The number of hydrogen-bond acceptors (Lipinski definition) is 6. The molecule has 2 heterocycles. The standard InChI is InChI=1S/C24H25BrF2N2O5/c1-13-10-33-6-5-29(13)15-8-19(26)22(20(27)9-15)23(30)28-21(24(31)32-2)7-14-3-4-18(25)17-12-34-11-16(14)17/h3-4,8-9,13,21H,5-7,10-12H2,1-2H3,(H,28,30)/t13-,21-/m0/s1. The van der Waals surface area contributed by atoms with Gasteiger partial charge in [0.1, 0.15) is 23.2 Å². The second-order valence-corrected chi connectivity index (χ2v) is 9.17. The molecule has 2 aliphatic heterocycles. The Morgan fingerprint density at radius 1 is 1.21 bits per heavy atom. The Balaban J connectivity index is 1.57. The number of morpholine rings is 1. The summed E-state index contributed by atoms with van der Waals surface area (Å²) in [5.74, 6) is -3.76. The van der Waals surface area contributed by atoms with E-state index in [-0.39, 0.29) is 12.5 Å². The normalized spacial score (nSPS) is 18.4. The van der Waals surface area contributed by atoms with Crippen LogP contribution in [0.3, 0.4) is 0 Å². The summed E-state index contributed by atoms with van der Waals surface area (Å²) >= 11 is 3.48. The number of methoxy groups -OCH3 is 1. The monoisotopic (exact) mass is 538 g/mol. The third kappa shape index (κ3) is 4.94. The highest BCUT2D eigenvalue weighted by Crippen LogP contribution is 2.31. The van der Waals surface area contributed by atoms with Gasteiger partial charge in [0.2, 0.25) is 0 Å². The van der Waals surface area contributed by atoms with Crippen molar-refractivity contribution < 1.29 is 32.6 Å². The Kier molecular flexibility index (Phi) is 7.49. The Hall–Kier alpha value is -2.56. The van der Waals surface area contributed by atoms with Gasteiger partial charge in [-0.3, -0.25) is 4.79 Å². The van der Waals surface area contributed by atoms with Crippen molar-refractivity contribution in [3.63, 3.8) is 0 Å². The average Bonchev–Trinajstić information content (AvgIpc) is 3.31. The number of rotatable bonds is 6. The molecule has 1 N–H and O–H groups in total. The number of halogens is 3. The zero-order valence-electron chi connectivity index (χ0n) is 18.8. The molecule has 0 saturated carbocycles. The summed E-state index contributed by atoms with van der Waals surface area (Å²) in [5, 5.41) is 2.45. The van der Waals surface area contributed by atoms with Gasteiger partial charge in [-0.25, -0.2) is 13.6 Å². The summed E-state index contributed by atoms with van der Waals surface area (Å²) in [4.78, 5) is 27.1. The summed E-state index contributed by atoms with van der Waals surface area (Å²) in [6.07, 6.45) is 0.0873. The van der Waals surface area contributed by atoms with E-state index in [1.165, 1.54) is 7.11 Å². The van der Waals surface area contributed by atoms with E-state index in [0.717, 1.165) is 33.3 Å². The lowest BCUT2D eigenvalue weighted by Crippen LogP contribution is -2.44. The van der Waals surface area contributed by atoms with Gasteiger partial charge in [-0.2, -0.15) is 0 Å². The van der Waals surface area contributed by atoms with Crippen molar-refractivity contribution in [2.24, 2.45) is 0 Å². The van der Waals surface area contributed by atoms with Crippen molar-refractivity contribution >= 4 is 33.5 Å². The first-order chi connectivity index (χ1) is 16.3. The van der Waals surface area contributed by atoms with E-state index in [9.17, 15) is 18.4 Å². The van der Waals surface area contributed by atoms with Crippen LogP contribution in [-0.2, 0) is 38.6 Å². The first kappa shape index (κ1) is 24.6. The van der Waals surface area contributed by atoms with Gasteiger partial charge in [-0.1, -0.05) is 22.0 Å². The van der Waals surface area contributed by atoms with Crippen LogP contribution in [0, 0.1) is 11.6 Å². The molecule has 10 heteroatoms. The van der Waals surface area contributed by atoms with Crippen molar-refractivity contribution in [1.29, 1.82) is 0 Å². The number of amides is 1. The van der Waals surface area contributed by atoms with Crippen molar-refractivity contribution in [2.45, 2.75) is 38.6 Å². The molecule has 1 amide bonds. The molecule has 0 unspecified atom stereocenters. The quantitative estimate of drug-likeness (QED) is 0.567. The second kappa shape index (κ2) is 10.4. The van der Waals surface area contributed by atoms with Gasteiger partial charge in [-0.05, 0) is 41.8 Å². The number of ether oxygens (including phenoxy) is 3. The Bertz CT molecular complexity index is 1090. The molecule has 182 valence electrons. The smallest absolute Gasteiger partial charge is 0.328 e. The minimum atomic E-state index is -1.14. The maximum Gasteiger partial charge on any atom is 0.328 e. The lowest BCUT2D eigenvalue weighted by atomic mass is 9.97. The van der Waals surface area contributed by atoms with Crippen LogP contribution in [0.1, 0.15) is 34.0 Å². The molecular weight excluding hydrogens is 514 g/mol. The molecule has 4 rings (SSSR count). The van der Waals surface area contributed by atoms with Crippen LogP contribution >= 0.6 is 15.9 Å². The first-order valence-electron chi connectivity index (χ1n) is 10.9. The molecule has 0 aromatic heterocycles. The molecule has 2 aromatic rings. The number of nitrogens with one attached hydrogen (secondary N) is 1. The third-order valence-electron chi connectivity index (χ3n) is 6.13. The SMILES string of the molecule is COC(=O)[C@H](Cc1ccc(Br)c2c1COC2)NC(=O)c1c(F)cc(N2CCOC[C@@H]2C)cc1F. The maximum absolute atomic E-state index is 14.9. The fraction of sp³-hybridized carbons (Fsp3) is 0.417. The largest absolute Gasteiger partial charge is 0.467 e. The van der Waals surface area contributed by atoms with Gasteiger partial charge < -0.3 is 24.4 Å². The van der Waals surface area contributed by atoms with Gasteiger partial charge in [0.25, 0.3) is 5.91 Å². The number of esters is 1. The van der Waals surface area contributed by atoms with Crippen molar-refractivity contribution in [3.8, 4) is 0 Å².